The average Bonchev–Trinajstić information content (AvgIpc) is 3.62. The molecule has 0 saturated heterocycles. The number of benzene rings is 2. The quantitative estimate of drug-likeness (QED) is 0.305. The van der Waals surface area contributed by atoms with E-state index in [2.05, 4.69) is 0 Å². The summed E-state index contributed by atoms with van der Waals surface area (Å²) in [5.74, 6) is -3.94. The van der Waals surface area contributed by atoms with Crippen LogP contribution in [0.3, 0.4) is 0 Å². The summed E-state index contributed by atoms with van der Waals surface area (Å²) >= 11 is 0. The highest BCUT2D eigenvalue weighted by Crippen LogP contribution is 2.49. The van der Waals surface area contributed by atoms with Crippen LogP contribution in [-0.4, -0.2) is 37.2 Å². The first-order valence-corrected chi connectivity index (χ1v) is 12.7. The molecule has 0 aromatic heterocycles. The third kappa shape index (κ3) is 7.84. The van der Waals surface area contributed by atoms with Crippen molar-refractivity contribution in [2.75, 3.05) is 13.7 Å². The largest absolute Gasteiger partial charge is 0.469 e. The molecule has 0 aliphatic heterocycles. The number of halogens is 2. The van der Waals surface area contributed by atoms with E-state index in [0.717, 1.165) is 24.0 Å². The van der Waals surface area contributed by atoms with Gasteiger partial charge in [-0.15, -0.1) is 0 Å². The maximum Gasteiger partial charge on any atom is 0.316 e. The number of ether oxygens (including phenoxy) is 3. The lowest BCUT2D eigenvalue weighted by molar-refractivity contribution is -0.163. The molecule has 0 amide bonds. The molecule has 1 atom stereocenters. The van der Waals surface area contributed by atoms with Gasteiger partial charge in [0.15, 0.2) is 0 Å². The standard InChI is InChI=1S/C30H38F2O5/c1-27(2,3)37-25(33)28(4,14-17-30(31,32)21-36-20-22-10-7-6-8-11-22)24-13-9-12-23(18-24)19-29(15-16-29)26(34)35-5/h6-13,18H,14-17,19-21H2,1-5H3. The monoisotopic (exact) mass is 516 g/mol. The van der Waals surface area contributed by atoms with Gasteiger partial charge < -0.3 is 14.2 Å². The van der Waals surface area contributed by atoms with Gasteiger partial charge in [0.25, 0.3) is 5.92 Å². The van der Waals surface area contributed by atoms with Gasteiger partial charge in [-0.05, 0) is 70.1 Å². The summed E-state index contributed by atoms with van der Waals surface area (Å²) in [6, 6.07) is 16.4. The highest BCUT2D eigenvalue weighted by Gasteiger charge is 2.51. The maximum absolute atomic E-state index is 14.9. The first-order valence-electron chi connectivity index (χ1n) is 12.7. The second-order valence-electron chi connectivity index (χ2n) is 11.3. The molecule has 1 unspecified atom stereocenters. The zero-order valence-electron chi connectivity index (χ0n) is 22.4. The fourth-order valence-corrected chi connectivity index (χ4v) is 4.39. The van der Waals surface area contributed by atoms with Gasteiger partial charge in [-0.2, -0.15) is 0 Å². The predicted octanol–water partition coefficient (Wildman–Crippen LogP) is 6.41. The molecule has 2 aromatic rings. The molecule has 37 heavy (non-hydrogen) atoms. The van der Waals surface area contributed by atoms with E-state index in [-0.39, 0.29) is 19.0 Å². The molecule has 0 radical (unpaired) electrons. The van der Waals surface area contributed by atoms with E-state index in [1.807, 2.05) is 42.5 Å². The summed E-state index contributed by atoms with van der Waals surface area (Å²) in [6.45, 7) is 6.25. The number of carbonyl (C=O) groups excluding carboxylic acids is 2. The zero-order valence-corrected chi connectivity index (χ0v) is 22.4. The summed E-state index contributed by atoms with van der Waals surface area (Å²) in [5.41, 5.74) is -0.379. The summed E-state index contributed by atoms with van der Waals surface area (Å²) in [4.78, 5) is 25.6. The van der Waals surface area contributed by atoms with Crippen LogP contribution in [0.2, 0.25) is 0 Å². The second-order valence-corrected chi connectivity index (χ2v) is 11.3. The van der Waals surface area contributed by atoms with Crippen molar-refractivity contribution in [3.63, 3.8) is 0 Å². The number of methoxy groups -OCH3 is 1. The van der Waals surface area contributed by atoms with Crippen LogP contribution in [0.15, 0.2) is 54.6 Å². The molecule has 1 fully saturated rings. The number of esters is 2. The third-order valence-corrected chi connectivity index (χ3v) is 6.84. The Labute approximate surface area is 218 Å². The van der Waals surface area contributed by atoms with Crippen LogP contribution >= 0.6 is 0 Å². The molecular formula is C30H38F2O5. The van der Waals surface area contributed by atoms with Gasteiger partial charge >= 0.3 is 11.9 Å². The van der Waals surface area contributed by atoms with Crippen molar-refractivity contribution in [2.24, 2.45) is 5.41 Å². The van der Waals surface area contributed by atoms with E-state index in [1.165, 1.54) is 7.11 Å². The van der Waals surface area contributed by atoms with E-state index >= 15 is 0 Å². The van der Waals surface area contributed by atoms with Crippen LogP contribution in [0.25, 0.3) is 0 Å². The van der Waals surface area contributed by atoms with Crippen molar-refractivity contribution >= 4 is 11.9 Å². The molecule has 3 rings (SSSR count). The first kappa shape index (κ1) is 28.8. The van der Waals surface area contributed by atoms with Crippen molar-refractivity contribution < 1.29 is 32.6 Å². The molecule has 1 aliphatic carbocycles. The van der Waals surface area contributed by atoms with Gasteiger partial charge in [0.1, 0.15) is 12.2 Å². The maximum atomic E-state index is 14.9. The number of alkyl halides is 2. The highest BCUT2D eigenvalue weighted by molar-refractivity contribution is 5.83. The Bertz CT molecular complexity index is 1070. The Hall–Kier alpha value is -2.80. The second kappa shape index (κ2) is 11.3. The molecule has 0 heterocycles. The van der Waals surface area contributed by atoms with E-state index in [1.54, 1.807) is 39.8 Å². The van der Waals surface area contributed by atoms with Crippen molar-refractivity contribution in [3.05, 3.63) is 71.3 Å². The zero-order chi connectivity index (χ0) is 27.3. The van der Waals surface area contributed by atoms with Gasteiger partial charge in [0.05, 0.1) is 24.5 Å². The van der Waals surface area contributed by atoms with Crippen LogP contribution in [-0.2, 0) is 42.2 Å². The molecule has 5 nitrogen and oxygen atoms in total. The minimum Gasteiger partial charge on any atom is -0.469 e. The van der Waals surface area contributed by atoms with Gasteiger partial charge in [0.2, 0.25) is 0 Å². The van der Waals surface area contributed by atoms with Crippen molar-refractivity contribution in [1.29, 1.82) is 0 Å². The Morgan fingerprint density at radius 1 is 0.919 bits per heavy atom. The third-order valence-electron chi connectivity index (χ3n) is 6.84. The summed E-state index contributed by atoms with van der Waals surface area (Å²) in [6.07, 6.45) is 1.27. The lowest BCUT2D eigenvalue weighted by Gasteiger charge is -2.33. The topological polar surface area (TPSA) is 61.8 Å². The Kier molecular flexibility index (Phi) is 8.78. The number of hydrogen-bond donors (Lipinski definition) is 0. The average molecular weight is 517 g/mol. The molecule has 2 aromatic carbocycles. The van der Waals surface area contributed by atoms with E-state index in [9.17, 15) is 18.4 Å². The van der Waals surface area contributed by atoms with Crippen LogP contribution in [0.1, 0.15) is 70.1 Å². The highest BCUT2D eigenvalue weighted by atomic mass is 19.3. The van der Waals surface area contributed by atoms with Crippen molar-refractivity contribution in [2.45, 2.75) is 83.3 Å². The summed E-state index contributed by atoms with van der Waals surface area (Å²) < 4.78 is 45.7. The predicted molar refractivity (Wildman–Crippen MR) is 137 cm³/mol. The number of hydrogen-bond acceptors (Lipinski definition) is 5. The lowest BCUT2D eigenvalue weighted by Crippen LogP contribution is -2.40. The Balaban J connectivity index is 1.77. The van der Waals surface area contributed by atoms with Crippen molar-refractivity contribution in [3.8, 4) is 0 Å². The molecule has 202 valence electrons. The molecule has 1 aliphatic rings. The van der Waals surface area contributed by atoms with Gasteiger partial charge in [0, 0.05) is 6.42 Å². The molecule has 0 bridgehead atoms. The van der Waals surface area contributed by atoms with Gasteiger partial charge in [-0.1, -0.05) is 54.6 Å². The summed E-state index contributed by atoms with van der Waals surface area (Å²) in [7, 11) is 1.38. The SMILES string of the molecule is COC(=O)C1(Cc2cccc(C(C)(CCC(F)(F)COCc3ccccc3)C(=O)OC(C)(C)C)c2)CC1. The van der Waals surface area contributed by atoms with E-state index < -0.39 is 41.4 Å². The Morgan fingerprint density at radius 2 is 1.57 bits per heavy atom. The molecular weight excluding hydrogens is 478 g/mol. The normalized spacial score (nSPS) is 16.5. The molecule has 0 spiro atoms. The smallest absolute Gasteiger partial charge is 0.316 e. The van der Waals surface area contributed by atoms with Gasteiger partial charge in [-0.3, -0.25) is 9.59 Å². The van der Waals surface area contributed by atoms with Crippen LogP contribution in [0.4, 0.5) is 8.78 Å². The lowest BCUT2D eigenvalue weighted by atomic mass is 9.76. The van der Waals surface area contributed by atoms with Crippen molar-refractivity contribution in [1.82, 2.24) is 0 Å². The number of rotatable bonds is 12. The molecule has 7 heteroatoms. The fraction of sp³-hybridized carbons (Fsp3) is 0.533. The fourth-order valence-electron chi connectivity index (χ4n) is 4.39. The molecule has 1 saturated carbocycles. The van der Waals surface area contributed by atoms with Crippen LogP contribution < -0.4 is 0 Å². The Morgan fingerprint density at radius 3 is 2.16 bits per heavy atom. The van der Waals surface area contributed by atoms with Crippen LogP contribution in [0.5, 0.6) is 0 Å². The minimum atomic E-state index is -3.13. The molecule has 0 N–H and O–H groups in total. The summed E-state index contributed by atoms with van der Waals surface area (Å²) in [5, 5.41) is 0. The number of carbonyl (C=O) groups is 2. The van der Waals surface area contributed by atoms with E-state index in [0.29, 0.717) is 12.0 Å². The van der Waals surface area contributed by atoms with Gasteiger partial charge in [-0.25, -0.2) is 8.78 Å². The van der Waals surface area contributed by atoms with Crippen LogP contribution in [0, 0.1) is 5.41 Å². The van der Waals surface area contributed by atoms with E-state index in [4.69, 9.17) is 14.2 Å². The minimum absolute atomic E-state index is 0.0871. The first-order chi connectivity index (χ1) is 17.3.